The maximum absolute atomic E-state index is 12.5. The van der Waals surface area contributed by atoms with Gasteiger partial charge in [0.2, 0.25) is 0 Å². The Hall–Kier alpha value is -4.00. The number of para-hydroxylation sites is 2. The van der Waals surface area contributed by atoms with E-state index < -0.39 is 0 Å². The molecule has 4 rings (SSSR count). The van der Waals surface area contributed by atoms with E-state index in [-0.39, 0.29) is 18.0 Å². The summed E-state index contributed by atoms with van der Waals surface area (Å²) in [5.41, 5.74) is 8.61. The van der Waals surface area contributed by atoms with E-state index in [0.29, 0.717) is 27.8 Å². The Morgan fingerprint density at radius 1 is 0.964 bits per heavy atom. The smallest absolute Gasteiger partial charge is 0.277 e. The molecule has 7 nitrogen and oxygen atoms in total. The number of fused-ring (bicyclic) bond motifs is 1. The first-order chi connectivity index (χ1) is 13.6. The van der Waals surface area contributed by atoms with Gasteiger partial charge < -0.3 is 11.1 Å². The average Bonchev–Trinajstić information content (AvgIpc) is 2.72. The van der Waals surface area contributed by atoms with Crippen LogP contribution in [0.3, 0.4) is 0 Å². The molecule has 0 fully saturated rings. The summed E-state index contributed by atoms with van der Waals surface area (Å²) in [6.07, 6.45) is 0. The third kappa shape index (κ3) is 3.45. The maximum atomic E-state index is 12.5. The van der Waals surface area contributed by atoms with Crippen molar-refractivity contribution in [1.82, 2.24) is 15.0 Å². The summed E-state index contributed by atoms with van der Waals surface area (Å²) in [6.45, 7) is 0.268. The number of rotatable bonds is 4. The second kappa shape index (κ2) is 7.32. The highest BCUT2D eigenvalue weighted by Gasteiger charge is 2.09. The first-order valence-electron chi connectivity index (χ1n) is 8.69. The molecule has 0 atom stereocenters. The van der Waals surface area contributed by atoms with Crippen LogP contribution in [0.2, 0.25) is 0 Å². The molecule has 0 aliphatic rings. The van der Waals surface area contributed by atoms with E-state index in [4.69, 9.17) is 5.73 Å². The molecule has 1 heterocycles. The molecule has 0 saturated heterocycles. The third-order valence-electron chi connectivity index (χ3n) is 4.39. The highest BCUT2D eigenvalue weighted by molar-refractivity contribution is 6.05. The number of amides is 1. The molecule has 3 N–H and O–H groups in total. The van der Waals surface area contributed by atoms with Crippen LogP contribution in [0, 0.1) is 0 Å². The first-order valence-corrected chi connectivity index (χ1v) is 8.69. The van der Waals surface area contributed by atoms with E-state index in [2.05, 4.69) is 15.6 Å². The minimum Gasteiger partial charge on any atom is -0.397 e. The number of nitrogen functional groups attached to an aromatic ring is 1. The summed E-state index contributed by atoms with van der Waals surface area (Å²) >= 11 is 0. The Morgan fingerprint density at radius 2 is 1.68 bits per heavy atom. The van der Waals surface area contributed by atoms with Gasteiger partial charge in [0.1, 0.15) is 5.52 Å². The maximum Gasteiger partial charge on any atom is 0.277 e. The van der Waals surface area contributed by atoms with Crippen molar-refractivity contribution in [2.75, 3.05) is 11.1 Å². The van der Waals surface area contributed by atoms with Crippen molar-refractivity contribution in [1.29, 1.82) is 0 Å². The van der Waals surface area contributed by atoms with Crippen LogP contribution < -0.4 is 16.6 Å². The quantitative estimate of drug-likeness (QED) is 0.537. The van der Waals surface area contributed by atoms with Crippen molar-refractivity contribution in [3.8, 4) is 0 Å². The molecule has 4 aromatic rings. The molecule has 0 bridgehead atoms. The fourth-order valence-corrected chi connectivity index (χ4v) is 2.87. The van der Waals surface area contributed by atoms with Crippen molar-refractivity contribution < 1.29 is 4.79 Å². The van der Waals surface area contributed by atoms with E-state index in [0.717, 1.165) is 5.56 Å². The molecule has 0 unspecified atom stereocenters. The van der Waals surface area contributed by atoms with Gasteiger partial charge in [0, 0.05) is 5.56 Å². The zero-order valence-corrected chi connectivity index (χ0v) is 14.9. The number of aromatic nitrogens is 3. The molecule has 0 spiro atoms. The summed E-state index contributed by atoms with van der Waals surface area (Å²) in [4.78, 5) is 24.9. The van der Waals surface area contributed by atoms with Crippen LogP contribution in [0.1, 0.15) is 15.9 Å². The summed E-state index contributed by atoms with van der Waals surface area (Å²) < 4.78 is 1.31. The van der Waals surface area contributed by atoms with E-state index >= 15 is 0 Å². The number of nitrogens with two attached hydrogens (primary N) is 1. The first kappa shape index (κ1) is 17.4. The normalized spacial score (nSPS) is 10.7. The number of hydrogen-bond donors (Lipinski definition) is 2. The van der Waals surface area contributed by atoms with Gasteiger partial charge in [0.05, 0.1) is 23.3 Å². The van der Waals surface area contributed by atoms with E-state index in [1.54, 1.807) is 66.7 Å². The van der Waals surface area contributed by atoms with Gasteiger partial charge >= 0.3 is 0 Å². The standard InChI is InChI=1S/C21H17N5O2/c22-17-6-2-4-8-19(17)23-20(27)15-11-9-14(10-12-15)13-26-21(28)16-5-1-3-7-18(16)24-25-26/h1-12H,13,22H2,(H,23,27). The van der Waals surface area contributed by atoms with Gasteiger partial charge in [-0.15, -0.1) is 5.10 Å². The van der Waals surface area contributed by atoms with Gasteiger partial charge in [-0.05, 0) is 42.0 Å². The highest BCUT2D eigenvalue weighted by atomic mass is 16.1. The molecule has 0 saturated carbocycles. The van der Waals surface area contributed by atoms with E-state index in [1.165, 1.54) is 4.68 Å². The van der Waals surface area contributed by atoms with E-state index in [1.807, 2.05) is 6.07 Å². The number of benzene rings is 3. The summed E-state index contributed by atoms with van der Waals surface area (Å²) in [5, 5.41) is 11.4. The van der Waals surface area contributed by atoms with Crippen LogP contribution in [0.4, 0.5) is 11.4 Å². The molecule has 7 heteroatoms. The number of nitrogens with zero attached hydrogens (tertiary/aromatic N) is 3. The van der Waals surface area contributed by atoms with Crippen molar-refractivity contribution in [3.05, 3.63) is 94.3 Å². The number of carbonyl (C=O) groups is 1. The Morgan fingerprint density at radius 3 is 2.46 bits per heavy atom. The number of carbonyl (C=O) groups excluding carboxylic acids is 1. The SMILES string of the molecule is Nc1ccccc1NC(=O)c1ccc(Cn2nnc3ccccc3c2=O)cc1. The molecule has 1 aromatic heterocycles. The minimum atomic E-state index is -0.257. The van der Waals surface area contributed by atoms with Gasteiger partial charge in [-0.3, -0.25) is 9.59 Å². The molecule has 0 aliphatic carbocycles. The predicted molar refractivity (Wildman–Crippen MR) is 108 cm³/mol. The number of hydrogen-bond acceptors (Lipinski definition) is 5. The molecule has 0 aliphatic heterocycles. The zero-order valence-electron chi connectivity index (χ0n) is 14.9. The largest absolute Gasteiger partial charge is 0.397 e. The van der Waals surface area contributed by atoms with Crippen molar-refractivity contribution in [2.24, 2.45) is 0 Å². The van der Waals surface area contributed by atoms with Crippen LogP contribution in [0.15, 0.2) is 77.6 Å². The number of nitrogens with one attached hydrogen (secondary N) is 1. The fraction of sp³-hybridized carbons (Fsp3) is 0.0476. The predicted octanol–water partition coefficient (Wildman–Crippen LogP) is 2.67. The summed E-state index contributed by atoms with van der Waals surface area (Å²) in [7, 11) is 0. The summed E-state index contributed by atoms with van der Waals surface area (Å²) in [6, 6.07) is 21.1. The van der Waals surface area contributed by atoms with Gasteiger partial charge in [0.15, 0.2) is 0 Å². The highest BCUT2D eigenvalue weighted by Crippen LogP contribution is 2.18. The van der Waals surface area contributed by atoms with Crippen molar-refractivity contribution in [2.45, 2.75) is 6.54 Å². The Balaban J connectivity index is 1.52. The van der Waals surface area contributed by atoms with Crippen LogP contribution in [-0.4, -0.2) is 20.9 Å². The van der Waals surface area contributed by atoms with E-state index in [9.17, 15) is 9.59 Å². The zero-order chi connectivity index (χ0) is 19.5. The number of anilines is 2. The van der Waals surface area contributed by atoms with Crippen molar-refractivity contribution >= 4 is 28.2 Å². The molecule has 138 valence electrons. The topological polar surface area (TPSA) is 103 Å². The fourth-order valence-electron chi connectivity index (χ4n) is 2.87. The van der Waals surface area contributed by atoms with Gasteiger partial charge in [0.25, 0.3) is 11.5 Å². The summed E-state index contributed by atoms with van der Waals surface area (Å²) in [5.74, 6) is -0.257. The molecular formula is C21H17N5O2. The lowest BCUT2D eigenvalue weighted by Crippen LogP contribution is -2.24. The van der Waals surface area contributed by atoms with Crippen LogP contribution in [0.25, 0.3) is 10.9 Å². The van der Waals surface area contributed by atoms with Crippen LogP contribution in [0.5, 0.6) is 0 Å². The minimum absolute atomic E-state index is 0.202. The lowest BCUT2D eigenvalue weighted by atomic mass is 10.1. The van der Waals surface area contributed by atoms with Crippen LogP contribution in [-0.2, 0) is 6.54 Å². The van der Waals surface area contributed by atoms with Crippen LogP contribution >= 0.6 is 0 Å². The Kier molecular flexibility index (Phi) is 4.55. The van der Waals surface area contributed by atoms with Gasteiger partial charge in [-0.2, -0.15) is 0 Å². The molecule has 28 heavy (non-hydrogen) atoms. The monoisotopic (exact) mass is 371 g/mol. The molecule has 1 amide bonds. The van der Waals surface area contributed by atoms with Gasteiger partial charge in [-0.25, -0.2) is 4.68 Å². The third-order valence-corrected chi connectivity index (χ3v) is 4.39. The molecule has 0 radical (unpaired) electrons. The van der Waals surface area contributed by atoms with Gasteiger partial charge in [-0.1, -0.05) is 41.6 Å². The Labute approximate surface area is 160 Å². The molecular weight excluding hydrogens is 354 g/mol. The molecule has 3 aromatic carbocycles. The van der Waals surface area contributed by atoms with Crippen molar-refractivity contribution in [3.63, 3.8) is 0 Å². The second-order valence-electron chi connectivity index (χ2n) is 6.31. The Bertz CT molecular complexity index is 1220. The lowest BCUT2D eigenvalue weighted by Gasteiger charge is -2.09. The average molecular weight is 371 g/mol. The second-order valence-corrected chi connectivity index (χ2v) is 6.31. The lowest BCUT2D eigenvalue weighted by molar-refractivity contribution is 0.102.